The number of allylic oxidation sites excluding steroid dienone is 3. The molecular formula is C45H71NO12. The quantitative estimate of drug-likeness (QED) is 0.169. The number of rotatable bonds is 8. The molecule has 0 spiro atoms. The molecule has 4 aliphatic rings. The van der Waals surface area contributed by atoms with Crippen molar-refractivity contribution in [2.75, 3.05) is 27.4 Å². The lowest BCUT2D eigenvalue weighted by atomic mass is 9.81. The van der Waals surface area contributed by atoms with E-state index in [-0.39, 0.29) is 49.5 Å². The van der Waals surface area contributed by atoms with Gasteiger partial charge in [-0.2, -0.15) is 0 Å². The minimum absolute atomic E-state index is 0.0306. The van der Waals surface area contributed by atoms with E-state index < -0.39 is 83.9 Å². The number of methoxy groups -OCH3 is 2. The first-order chi connectivity index (χ1) is 27.5. The van der Waals surface area contributed by atoms with Crippen molar-refractivity contribution in [3.8, 4) is 0 Å². The maximum atomic E-state index is 14.3. The number of amides is 1. The number of piperidine rings is 1. The normalized spacial score (nSPS) is 40.5. The van der Waals surface area contributed by atoms with Crippen LogP contribution in [0, 0.1) is 29.6 Å². The molecule has 0 aromatic heterocycles. The Morgan fingerprint density at radius 1 is 0.966 bits per heavy atom. The predicted molar refractivity (Wildman–Crippen MR) is 217 cm³/mol. The highest BCUT2D eigenvalue weighted by Gasteiger charge is 2.56. The number of fused-ring (bicyclic) bond motifs is 3. The Balaban J connectivity index is 1.74. The maximum absolute atomic E-state index is 14.3. The van der Waals surface area contributed by atoms with E-state index in [1.54, 1.807) is 26.8 Å². The van der Waals surface area contributed by atoms with Crippen LogP contribution in [0.3, 0.4) is 0 Å². The largest absolute Gasteiger partial charge is 0.456 e. The molecule has 14 atom stereocenters. The van der Waals surface area contributed by atoms with Gasteiger partial charge in [-0.05, 0) is 95.5 Å². The Kier molecular flexibility index (Phi) is 17.9. The molecule has 1 amide bonds. The van der Waals surface area contributed by atoms with Crippen LogP contribution in [0.15, 0.2) is 36.0 Å². The molecule has 1 saturated carbocycles. The molecule has 3 N–H and O–H groups in total. The first-order valence-corrected chi connectivity index (χ1v) is 21.5. The number of ether oxygens (including phenoxy) is 5. The molecule has 0 aromatic carbocycles. The fraction of sp³-hybridized carbons (Fsp3) is 0.778. The number of cyclic esters (lactones) is 1. The molecule has 2 saturated heterocycles. The second-order valence-electron chi connectivity index (χ2n) is 17.5. The lowest BCUT2D eigenvalue weighted by Gasteiger charge is -2.47. The van der Waals surface area contributed by atoms with Crippen LogP contribution in [0.1, 0.15) is 112 Å². The smallest absolute Gasteiger partial charge is 0.329 e. The first-order valence-electron chi connectivity index (χ1n) is 21.5. The van der Waals surface area contributed by atoms with Crippen molar-refractivity contribution in [1.29, 1.82) is 0 Å². The summed E-state index contributed by atoms with van der Waals surface area (Å²) in [7, 11) is 3.06. The van der Waals surface area contributed by atoms with Crippen molar-refractivity contribution in [3.63, 3.8) is 0 Å². The molecular weight excluding hydrogens is 746 g/mol. The van der Waals surface area contributed by atoms with Crippen LogP contribution in [-0.2, 0) is 42.9 Å². The second-order valence-corrected chi connectivity index (χ2v) is 17.5. The fourth-order valence-electron chi connectivity index (χ4n) is 9.53. The number of aliphatic hydroxyl groups is 3. The number of aliphatic hydroxyl groups excluding tert-OH is 2. The van der Waals surface area contributed by atoms with Gasteiger partial charge in [-0.15, -0.1) is 6.58 Å². The molecule has 13 heteroatoms. The lowest BCUT2D eigenvalue weighted by molar-refractivity contribution is -0.302. The van der Waals surface area contributed by atoms with Crippen molar-refractivity contribution < 1.29 is 58.2 Å². The average molecular weight is 818 g/mol. The Hall–Kier alpha value is -2.78. The van der Waals surface area contributed by atoms with Crippen LogP contribution in [0.5, 0.6) is 0 Å². The molecule has 3 aliphatic heterocycles. The van der Waals surface area contributed by atoms with Gasteiger partial charge in [0, 0.05) is 44.9 Å². The summed E-state index contributed by atoms with van der Waals surface area (Å²) in [6, 6.07) is -1.14. The van der Waals surface area contributed by atoms with Crippen LogP contribution >= 0.6 is 0 Å². The molecule has 3 fully saturated rings. The van der Waals surface area contributed by atoms with Crippen LogP contribution in [0.2, 0.25) is 0 Å². The molecule has 328 valence electrons. The number of nitrogens with zero attached hydrogens (tertiary/aromatic N) is 1. The Labute approximate surface area is 345 Å². The van der Waals surface area contributed by atoms with Crippen LogP contribution in [-0.4, -0.2) is 126 Å². The Morgan fingerprint density at radius 2 is 1.66 bits per heavy atom. The van der Waals surface area contributed by atoms with Gasteiger partial charge in [-0.3, -0.25) is 14.4 Å². The number of ketones is 2. The monoisotopic (exact) mass is 817 g/mol. The van der Waals surface area contributed by atoms with Gasteiger partial charge in [0.05, 0.1) is 37.1 Å². The zero-order chi connectivity index (χ0) is 42.9. The number of carbonyl (C=O) groups excluding carboxylic acids is 4. The van der Waals surface area contributed by atoms with Crippen molar-refractivity contribution in [3.05, 3.63) is 36.0 Å². The van der Waals surface area contributed by atoms with E-state index in [1.165, 1.54) is 19.1 Å². The first kappa shape index (κ1) is 47.9. The summed E-state index contributed by atoms with van der Waals surface area (Å²) in [6.07, 6.45) is 5.10. The number of Topliss-reactive ketones (excluding diaryl/α,β-unsaturated/α-hetero) is 2. The van der Waals surface area contributed by atoms with Gasteiger partial charge in [0.1, 0.15) is 24.0 Å². The van der Waals surface area contributed by atoms with Crippen LogP contribution < -0.4 is 0 Å². The zero-order valence-corrected chi connectivity index (χ0v) is 36.1. The van der Waals surface area contributed by atoms with Gasteiger partial charge >= 0.3 is 5.97 Å². The summed E-state index contributed by atoms with van der Waals surface area (Å²) in [4.78, 5) is 57.8. The van der Waals surface area contributed by atoms with Gasteiger partial charge < -0.3 is 43.9 Å². The zero-order valence-electron chi connectivity index (χ0n) is 36.1. The highest BCUT2D eigenvalue weighted by molar-refractivity contribution is 6.39. The molecule has 0 aromatic rings. The number of hydrogen-bond acceptors (Lipinski definition) is 12. The maximum Gasteiger partial charge on any atom is 0.329 e. The summed E-state index contributed by atoms with van der Waals surface area (Å²) in [5, 5.41) is 34.6. The third-order valence-electron chi connectivity index (χ3n) is 13.0. The van der Waals surface area contributed by atoms with E-state index in [0.717, 1.165) is 5.57 Å². The molecule has 4 rings (SSSR count). The summed E-state index contributed by atoms with van der Waals surface area (Å²) in [5.41, 5.74) is 1.63. The topological polar surface area (TPSA) is 178 Å². The third-order valence-corrected chi connectivity index (χ3v) is 13.0. The van der Waals surface area contributed by atoms with Crippen LogP contribution in [0.4, 0.5) is 0 Å². The van der Waals surface area contributed by atoms with E-state index >= 15 is 0 Å². The molecule has 1 aliphatic carbocycles. The van der Waals surface area contributed by atoms with Crippen molar-refractivity contribution in [2.45, 2.75) is 167 Å². The summed E-state index contributed by atoms with van der Waals surface area (Å²) in [5.74, 6) is -7.65. The molecule has 3 heterocycles. The van der Waals surface area contributed by atoms with Crippen molar-refractivity contribution in [1.82, 2.24) is 4.90 Å². The number of esters is 1. The van der Waals surface area contributed by atoms with Crippen molar-refractivity contribution in [2.24, 2.45) is 29.6 Å². The SMILES string of the molecule is C=CCO[C@@H]1CC[C@@H](/C=C(\C)[C@H]2OC(=O)[C@@H]3CCCCN3C(=O)C(=O)C3(O)O[C@H]([C@@H](OC)C[C@@H](C)C/C(C)=C/[C@@H](CC)C(=O)C[C@H](O)[C@H]2C)[C@@H](OC)C[C@@H]3C)C[C@H]1O. The Bertz CT molecular complexity index is 1500. The molecule has 0 radical (unpaired) electrons. The molecule has 1 unspecified atom stereocenters. The van der Waals surface area contributed by atoms with E-state index in [9.17, 15) is 34.5 Å². The van der Waals surface area contributed by atoms with Gasteiger partial charge in [0.15, 0.2) is 0 Å². The second kappa shape index (κ2) is 21.7. The summed E-state index contributed by atoms with van der Waals surface area (Å²) in [6.45, 7) is 15.2. The third kappa shape index (κ3) is 11.5. The minimum atomic E-state index is -2.51. The average Bonchev–Trinajstić information content (AvgIpc) is 3.20. The lowest BCUT2D eigenvalue weighted by Crippen LogP contribution is -2.64. The van der Waals surface area contributed by atoms with Crippen LogP contribution in [0.25, 0.3) is 0 Å². The van der Waals surface area contributed by atoms with E-state index in [1.807, 2.05) is 32.9 Å². The van der Waals surface area contributed by atoms with E-state index in [0.29, 0.717) is 63.5 Å². The number of hydrogen-bond donors (Lipinski definition) is 3. The Morgan fingerprint density at radius 3 is 2.29 bits per heavy atom. The van der Waals surface area contributed by atoms with Gasteiger partial charge in [-0.25, -0.2) is 4.79 Å². The molecule has 13 nitrogen and oxygen atoms in total. The fourth-order valence-corrected chi connectivity index (χ4v) is 9.53. The van der Waals surface area contributed by atoms with Gasteiger partial charge in [0.25, 0.3) is 11.7 Å². The standard InChI is InChI=1S/C45H71NO12/c1-10-18-56-37-16-15-31(24-36(37)49)22-28(5)40-30(7)34(47)25-35(48)32(11-2)20-26(3)19-27(4)21-38(54-8)41-39(55-9)23-29(6)45(53,58-41)42(50)43(51)46-17-13-12-14-33(46)44(52)57-40/h10,20,22,27,29-34,36-41,47,49,53H,1,11-19,21,23-25H2,2-9H3/b26-20+,28-22+/t27-,29-,30+,31-,32+,33-,34-,36+,37+,38-,39-,40+,41+,45?/m0/s1. The highest BCUT2D eigenvalue weighted by atomic mass is 16.7. The van der Waals surface area contributed by atoms with E-state index in [4.69, 9.17) is 23.7 Å². The van der Waals surface area contributed by atoms with Crippen molar-refractivity contribution >= 4 is 23.4 Å². The van der Waals surface area contributed by atoms with Gasteiger partial charge in [0.2, 0.25) is 5.79 Å². The molecule has 2 bridgehead atoms. The summed E-state index contributed by atoms with van der Waals surface area (Å²) < 4.78 is 30.0. The highest BCUT2D eigenvalue weighted by Crippen LogP contribution is 2.39. The molecule has 58 heavy (non-hydrogen) atoms. The minimum Gasteiger partial charge on any atom is -0.456 e. The summed E-state index contributed by atoms with van der Waals surface area (Å²) >= 11 is 0. The number of carbonyl (C=O) groups is 4. The van der Waals surface area contributed by atoms with Gasteiger partial charge in [-0.1, -0.05) is 51.5 Å². The predicted octanol–water partition coefficient (Wildman–Crippen LogP) is 5.03. The van der Waals surface area contributed by atoms with E-state index in [2.05, 4.69) is 6.58 Å².